The first-order chi connectivity index (χ1) is 10.6. The van der Waals surface area contributed by atoms with Crippen LogP contribution < -0.4 is 4.74 Å². The van der Waals surface area contributed by atoms with Gasteiger partial charge in [0, 0.05) is 5.33 Å². The van der Waals surface area contributed by atoms with Crippen LogP contribution in [0.4, 0.5) is 26.3 Å². The van der Waals surface area contributed by atoms with Crippen molar-refractivity contribution >= 4 is 15.9 Å². The summed E-state index contributed by atoms with van der Waals surface area (Å²) in [7, 11) is 0. The Morgan fingerprint density at radius 1 is 0.826 bits per heavy atom. The van der Waals surface area contributed by atoms with Gasteiger partial charge >= 0.3 is 12.5 Å². The lowest BCUT2D eigenvalue weighted by Crippen LogP contribution is -2.16. The summed E-state index contributed by atoms with van der Waals surface area (Å²) in [5, 5.41) is 0.0421. The number of ether oxygens (including phenoxy) is 1. The van der Waals surface area contributed by atoms with E-state index in [2.05, 4.69) is 20.7 Å². The average Bonchev–Trinajstić information content (AvgIpc) is 2.45. The minimum absolute atomic E-state index is 0.0421. The zero-order valence-electron chi connectivity index (χ0n) is 11.3. The summed E-state index contributed by atoms with van der Waals surface area (Å²) in [6.07, 6.45) is -9.33. The molecule has 0 N–H and O–H groups in total. The highest BCUT2D eigenvalue weighted by molar-refractivity contribution is 9.08. The molecule has 0 fully saturated rings. The van der Waals surface area contributed by atoms with Crippen LogP contribution in [0, 0.1) is 0 Å². The Balaban J connectivity index is 2.35. The third kappa shape index (κ3) is 4.63. The smallest absolute Gasteiger partial charge is 0.406 e. The molecule has 0 aliphatic rings. The minimum atomic E-state index is -4.82. The van der Waals surface area contributed by atoms with Gasteiger partial charge in [-0.1, -0.05) is 40.2 Å². The Hall–Kier alpha value is -1.70. The van der Waals surface area contributed by atoms with Crippen molar-refractivity contribution in [2.75, 3.05) is 0 Å². The Kier molecular flexibility index (Phi) is 4.93. The Labute approximate surface area is 136 Å². The molecule has 0 saturated carbocycles. The molecule has 0 unspecified atom stereocenters. The SMILES string of the molecule is FC(F)(F)Oc1ccc(-c2ccc(CBr)c(C(F)(F)F)c2)cc1. The summed E-state index contributed by atoms with van der Waals surface area (Å²) < 4.78 is 79.0. The Bertz CT molecular complexity index is 676. The molecule has 124 valence electrons. The lowest BCUT2D eigenvalue weighted by molar-refractivity contribution is -0.274. The second-order valence-corrected chi connectivity index (χ2v) is 5.14. The molecule has 0 aromatic heterocycles. The average molecular weight is 399 g/mol. The Morgan fingerprint density at radius 2 is 1.39 bits per heavy atom. The molecule has 0 aliphatic carbocycles. The van der Waals surface area contributed by atoms with Gasteiger partial charge in [0.15, 0.2) is 0 Å². The first-order valence-electron chi connectivity index (χ1n) is 6.22. The van der Waals surface area contributed by atoms with Crippen LogP contribution in [0.5, 0.6) is 5.75 Å². The molecule has 8 heteroatoms. The molecule has 0 atom stereocenters. The van der Waals surface area contributed by atoms with Gasteiger partial charge in [-0.05, 0) is 34.9 Å². The lowest BCUT2D eigenvalue weighted by Gasteiger charge is -2.14. The summed E-state index contributed by atoms with van der Waals surface area (Å²) >= 11 is 3.00. The number of rotatable bonds is 3. The predicted molar refractivity (Wildman–Crippen MR) is 76.2 cm³/mol. The largest absolute Gasteiger partial charge is 0.573 e. The van der Waals surface area contributed by atoms with Crippen molar-refractivity contribution in [2.45, 2.75) is 17.9 Å². The fraction of sp³-hybridized carbons (Fsp3) is 0.200. The normalized spacial score (nSPS) is 12.3. The number of benzene rings is 2. The molecule has 0 heterocycles. The van der Waals surface area contributed by atoms with Crippen LogP contribution >= 0.6 is 15.9 Å². The maximum Gasteiger partial charge on any atom is 0.573 e. The van der Waals surface area contributed by atoms with Gasteiger partial charge in [-0.2, -0.15) is 13.2 Å². The third-order valence-electron chi connectivity index (χ3n) is 2.98. The van der Waals surface area contributed by atoms with Crippen LogP contribution in [0.2, 0.25) is 0 Å². The molecule has 0 spiro atoms. The zero-order valence-corrected chi connectivity index (χ0v) is 12.9. The van der Waals surface area contributed by atoms with Gasteiger partial charge in [0.1, 0.15) is 5.75 Å². The standard InChI is InChI=1S/C15H9BrF6O/c16-8-11-2-1-10(7-13(11)14(17,18)19)9-3-5-12(6-4-9)23-15(20,21)22/h1-7H,8H2. The van der Waals surface area contributed by atoms with Gasteiger partial charge in [-0.3, -0.25) is 0 Å². The van der Waals surface area contributed by atoms with Crippen LogP contribution in [0.1, 0.15) is 11.1 Å². The molecule has 0 aliphatic heterocycles. The second kappa shape index (κ2) is 6.43. The van der Waals surface area contributed by atoms with Gasteiger partial charge in [0.2, 0.25) is 0 Å². The third-order valence-corrected chi connectivity index (χ3v) is 3.58. The fourth-order valence-electron chi connectivity index (χ4n) is 1.99. The zero-order chi connectivity index (χ0) is 17.3. The minimum Gasteiger partial charge on any atom is -0.406 e. The monoisotopic (exact) mass is 398 g/mol. The summed E-state index contributed by atoms with van der Waals surface area (Å²) in [5.41, 5.74) is -0.104. The van der Waals surface area contributed by atoms with Crippen molar-refractivity contribution in [3.63, 3.8) is 0 Å². The molecular formula is C15H9BrF6O. The molecule has 2 aromatic carbocycles. The van der Waals surface area contributed by atoms with Crippen molar-refractivity contribution in [1.82, 2.24) is 0 Å². The summed E-state index contributed by atoms with van der Waals surface area (Å²) in [6, 6.07) is 8.41. The number of alkyl halides is 7. The van der Waals surface area contributed by atoms with Crippen molar-refractivity contribution in [1.29, 1.82) is 0 Å². The van der Waals surface area contributed by atoms with Gasteiger partial charge in [-0.25, -0.2) is 0 Å². The van der Waals surface area contributed by atoms with Gasteiger partial charge in [-0.15, -0.1) is 13.2 Å². The van der Waals surface area contributed by atoms with Gasteiger partial charge in [0.05, 0.1) is 5.56 Å². The maximum atomic E-state index is 13.0. The van der Waals surface area contributed by atoms with Crippen molar-refractivity contribution < 1.29 is 31.1 Å². The summed E-state index contributed by atoms with van der Waals surface area (Å²) in [5.74, 6) is -0.436. The highest BCUT2D eigenvalue weighted by atomic mass is 79.9. The van der Waals surface area contributed by atoms with E-state index in [9.17, 15) is 26.3 Å². The molecule has 0 radical (unpaired) electrons. The van der Waals surface area contributed by atoms with E-state index < -0.39 is 23.9 Å². The van der Waals surface area contributed by atoms with Crippen molar-refractivity contribution in [3.8, 4) is 16.9 Å². The van der Waals surface area contributed by atoms with Crippen LogP contribution in [0.25, 0.3) is 11.1 Å². The van der Waals surface area contributed by atoms with E-state index in [1.54, 1.807) is 0 Å². The number of hydrogen-bond acceptors (Lipinski definition) is 1. The van der Waals surface area contributed by atoms with Crippen LogP contribution in [0.15, 0.2) is 42.5 Å². The molecule has 2 rings (SSSR count). The van der Waals surface area contributed by atoms with E-state index >= 15 is 0 Å². The van der Waals surface area contributed by atoms with E-state index in [4.69, 9.17) is 0 Å². The van der Waals surface area contributed by atoms with Crippen LogP contribution in [-0.4, -0.2) is 6.36 Å². The highest BCUT2D eigenvalue weighted by Gasteiger charge is 2.33. The van der Waals surface area contributed by atoms with Crippen LogP contribution in [-0.2, 0) is 11.5 Å². The van der Waals surface area contributed by atoms with Crippen LogP contribution in [0.3, 0.4) is 0 Å². The Morgan fingerprint density at radius 3 is 1.87 bits per heavy atom. The first kappa shape index (κ1) is 17.7. The number of hydrogen-bond donors (Lipinski definition) is 0. The maximum absolute atomic E-state index is 13.0. The predicted octanol–water partition coefficient (Wildman–Crippen LogP) is 6.17. The second-order valence-electron chi connectivity index (χ2n) is 4.58. The van der Waals surface area contributed by atoms with Crippen molar-refractivity contribution in [2.24, 2.45) is 0 Å². The summed E-state index contributed by atoms with van der Waals surface area (Å²) in [4.78, 5) is 0. The number of halogens is 7. The van der Waals surface area contributed by atoms with E-state index in [1.165, 1.54) is 24.3 Å². The molecule has 0 saturated heterocycles. The van der Waals surface area contributed by atoms with E-state index in [0.29, 0.717) is 5.56 Å². The van der Waals surface area contributed by atoms with Gasteiger partial charge < -0.3 is 4.74 Å². The highest BCUT2D eigenvalue weighted by Crippen LogP contribution is 2.36. The molecule has 1 nitrogen and oxygen atoms in total. The summed E-state index contributed by atoms with van der Waals surface area (Å²) in [6.45, 7) is 0. The van der Waals surface area contributed by atoms with E-state index in [-0.39, 0.29) is 16.5 Å². The topological polar surface area (TPSA) is 9.23 Å². The van der Waals surface area contributed by atoms with E-state index in [0.717, 1.165) is 18.2 Å². The fourth-order valence-corrected chi connectivity index (χ4v) is 2.47. The molecule has 0 amide bonds. The lowest BCUT2D eigenvalue weighted by atomic mass is 9.99. The molecule has 2 aromatic rings. The quantitative estimate of drug-likeness (QED) is 0.444. The molecule has 23 heavy (non-hydrogen) atoms. The van der Waals surface area contributed by atoms with Crippen molar-refractivity contribution in [3.05, 3.63) is 53.6 Å². The molecular weight excluding hydrogens is 390 g/mol. The van der Waals surface area contributed by atoms with Gasteiger partial charge in [0.25, 0.3) is 0 Å². The first-order valence-corrected chi connectivity index (χ1v) is 7.34. The van der Waals surface area contributed by atoms with E-state index in [1.807, 2.05) is 0 Å². The molecule has 0 bridgehead atoms.